The Morgan fingerprint density at radius 1 is 1.35 bits per heavy atom. The highest BCUT2D eigenvalue weighted by Crippen LogP contribution is 2.32. The van der Waals surface area contributed by atoms with Crippen molar-refractivity contribution < 1.29 is 5.11 Å². The van der Waals surface area contributed by atoms with Gasteiger partial charge in [-0.3, -0.25) is 0 Å². The molecule has 0 unspecified atom stereocenters. The molecule has 1 aromatic heterocycles. The van der Waals surface area contributed by atoms with Gasteiger partial charge in [0.25, 0.3) is 0 Å². The molecular formula is C12H22N4O. The monoisotopic (exact) mass is 238 g/mol. The summed E-state index contributed by atoms with van der Waals surface area (Å²) in [7, 11) is 1.98. The molecule has 1 fully saturated rings. The van der Waals surface area contributed by atoms with Crippen LogP contribution in [-0.4, -0.2) is 39.3 Å². The third-order valence-electron chi connectivity index (χ3n) is 3.50. The minimum Gasteiger partial charge on any atom is -0.393 e. The number of rotatable bonds is 3. The Kier molecular flexibility index (Phi) is 4.81. The van der Waals surface area contributed by atoms with E-state index < -0.39 is 0 Å². The second kappa shape index (κ2) is 5.91. The van der Waals surface area contributed by atoms with Gasteiger partial charge in [-0.2, -0.15) is 0 Å². The molecule has 1 aliphatic carbocycles. The number of anilines is 1. The minimum absolute atomic E-state index is 0. The molecule has 1 N–H and O–H groups in total. The van der Waals surface area contributed by atoms with Crippen molar-refractivity contribution >= 4 is 5.95 Å². The van der Waals surface area contributed by atoms with Gasteiger partial charge in [-0.05, 0) is 18.8 Å². The summed E-state index contributed by atoms with van der Waals surface area (Å²) < 4.78 is 0. The van der Waals surface area contributed by atoms with Crippen LogP contribution in [-0.2, 0) is 0 Å². The van der Waals surface area contributed by atoms with E-state index in [4.69, 9.17) is 0 Å². The van der Waals surface area contributed by atoms with Gasteiger partial charge in [-0.1, -0.05) is 20.8 Å². The Hall–Kier alpha value is -1.23. The van der Waals surface area contributed by atoms with Crippen LogP contribution in [0.25, 0.3) is 0 Å². The Labute approximate surface area is 103 Å². The minimum atomic E-state index is -0.181. The van der Waals surface area contributed by atoms with Crippen molar-refractivity contribution in [3.05, 3.63) is 12.7 Å². The van der Waals surface area contributed by atoms with Gasteiger partial charge >= 0.3 is 0 Å². The maximum absolute atomic E-state index is 9.88. The van der Waals surface area contributed by atoms with Crippen molar-refractivity contribution in [1.29, 1.82) is 0 Å². The number of hydrogen-bond donors (Lipinski definition) is 1. The van der Waals surface area contributed by atoms with Crippen LogP contribution in [0.5, 0.6) is 0 Å². The second-order valence-corrected chi connectivity index (χ2v) is 4.41. The van der Waals surface area contributed by atoms with Crippen LogP contribution in [0.3, 0.4) is 0 Å². The summed E-state index contributed by atoms with van der Waals surface area (Å²) in [6.07, 6.45) is 5.67. The molecule has 96 valence electrons. The Morgan fingerprint density at radius 3 is 2.53 bits per heavy atom. The molecule has 5 heteroatoms. The number of nitrogens with zero attached hydrogens (tertiary/aromatic N) is 4. The number of aromatic nitrogens is 3. The van der Waals surface area contributed by atoms with E-state index in [2.05, 4.69) is 21.9 Å². The zero-order chi connectivity index (χ0) is 11.5. The highest BCUT2D eigenvalue weighted by molar-refractivity contribution is 5.28. The summed E-state index contributed by atoms with van der Waals surface area (Å²) >= 11 is 0. The van der Waals surface area contributed by atoms with E-state index in [9.17, 15) is 5.11 Å². The molecule has 1 heterocycles. The standard InChI is InChI=1S/C11H18N4O.CH4/c1-3-8-4-9(5-10(8)16)15(2)11-13-6-12-7-14-11;/h6-10,16H,3-5H2,1-2H3;1H4/t8-,9+,10-;/m0./s1. The predicted octanol–water partition coefficient (Wildman–Crippen LogP) is 1.49. The number of aliphatic hydroxyl groups is 1. The van der Waals surface area contributed by atoms with Crippen LogP contribution >= 0.6 is 0 Å². The normalized spacial score (nSPS) is 27.6. The molecule has 1 saturated carbocycles. The third kappa shape index (κ3) is 2.91. The summed E-state index contributed by atoms with van der Waals surface area (Å²) in [6, 6.07) is 0.336. The lowest BCUT2D eigenvalue weighted by Gasteiger charge is -2.23. The van der Waals surface area contributed by atoms with Gasteiger partial charge in [0.2, 0.25) is 5.95 Å². The Balaban J connectivity index is 0.00000144. The molecule has 0 amide bonds. The maximum Gasteiger partial charge on any atom is 0.228 e. The van der Waals surface area contributed by atoms with Crippen LogP contribution in [0.1, 0.15) is 33.6 Å². The fourth-order valence-electron chi connectivity index (χ4n) is 2.41. The van der Waals surface area contributed by atoms with Crippen LogP contribution in [0, 0.1) is 5.92 Å². The zero-order valence-corrected chi connectivity index (χ0v) is 9.74. The molecule has 2 rings (SSSR count). The van der Waals surface area contributed by atoms with Gasteiger partial charge in [-0.25, -0.2) is 15.0 Å². The van der Waals surface area contributed by atoms with Gasteiger partial charge in [0, 0.05) is 13.1 Å². The SMILES string of the molecule is C.CC[C@H]1C[C@@H](N(C)c2ncncn2)C[C@@H]1O. The van der Waals surface area contributed by atoms with E-state index in [0.717, 1.165) is 19.3 Å². The molecule has 0 aliphatic heterocycles. The van der Waals surface area contributed by atoms with E-state index in [1.54, 1.807) is 0 Å². The highest BCUT2D eigenvalue weighted by atomic mass is 16.3. The van der Waals surface area contributed by atoms with Gasteiger partial charge in [-0.15, -0.1) is 0 Å². The molecule has 0 radical (unpaired) electrons. The van der Waals surface area contributed by atoms with Crippen molar-refractivity contribution in [1.82, 2.24) is 15.0 Å². The summed E-state index contributed by atoms with van der Waals surface area (Å²) in [5, 5.41) is 9.88. The summed E-state index contributed by atoms with van der Waals surface area (Å²) in [6.45, 7) is 2.12. The summed E-state index contributed by atoms with van der Waals surface area (Å²) in [4.78, 5) is 14.1. The molecule has 17 heavy (non-hydrogen) atoms. The predicted molar refractivity (Wildman–Crippen MR) is 67.8 cm³/mol. The second-order valence-electron chi connectivity index (χ2n) is 4.41. The lowest BCUT2D eigenvalue weighted by atomic mass is 10.0. The maximum atomic E-state index is 9.88. The topological polar surface area (TPSA) is 62.1 Å². The van der Waals surface area contributed by atoms with Crippen molar-refractivity contribution in [2.24, 2.45) is 5.92 Å². The summed E-state index contributed by atoms with van der Waals surface area (Å²) in [5.41, 5.74) is 0. The van der Waals surface area contributed by atoms with E-state index in [1.807, 2.05) is 11.9 Å². The van der Waals surface area contributed by atoms with Crippen molar-refractivity contribution in [3.8, 4) is 0 Å². The van der Waals surface area contributed by atoms with Crippen LogP contribution in [0.15, 0.2) is 12.7 Å². The first-order valence-corrected chi connectivity index (χ1v) is 5.75. The highest BCUT2D eigenvalue weighted by Gasteiger charge is 2.34. The molecule has 3 atom stereocenters. The molecule has 0 bridgehead atoms. The molecule has 0 saturated heterocycles. The lowest BCUT2D eigenvalue weighted by molar-refractivity contribution is 0.130. The van der Waals surface area contributed by atoms with E-state index >= 15 is 0 Å². The molecule has 1 aromatic rings. The number of aliphatic hydroxyl groups excluding tert-OH is 1. The zero-order valence-electron chi connectivity index (χ0n) is 9.74. The van der Waals surface area contributed by atoms with Crippen molar-refractivity contribution in [2.75, 3.05) is 11.9 Å². The quantitative estimate of drug-likeness (QED) is 0.864. The van der Waals surface area contributed by atoms with Crippen molar-refractivity contribution in [3.63, 3.8) is 0 Å². The Bertz CT molecular complexity index is 333. The van der Waals surface area contributed by atoms with Gasteiger partial charge < -0.3 is 10.0 Å². The first-order chi connectivity index (χ1) is 7.72. The average Bonchev–Trinajstić information content (AvgIpc) is 2.71. The fraction of sp³-hybridized carbons (Fsp3) is 0.750. The number of hydrogen-bond acceptors (Lipinski definition) is 5. The van der Waals surface area contributed by atoms with Gasteiger partial charge in [0.15, 0.2) is 0 Å². The van der Waals surface area contributed by atoms with Crippen LogP contribution in [0.2, 0.25) is 0 Å². The van der Waals surface area contributed by atoms with E-state index in [1.165, 1.54) is 12.7 Å². The van der Waals surface area contributed by atoms with Crippen molar-refractivity contribution in [2.45, 2.75) is 45.8 Å². The van der Waals surface area contributed by atoms with Crippen LogP contribution < -0.4 is 4.90 Å². The van der Waals surface area contributed by atoms with Crippen LogP contribution in [0.4, 0.5) is 5.95 Å². The smallest absolute Gasteiger partial charge is 0.228 e. The average molecular weight is 238 g/mol. The lowest BCUT2D eigenvalue weighted by Crippen LogP contribution is -2.31. The first-order valence-electron chi connectivity index (χ1n) is 5.75. The third-order valence-corrected chi connectivity index (χ3v) is 3.50. The van der Waals surface area contributed by atoms with Gasteiger partial charge in [0.05, 0.1) is 6.10 Å². The van der Waals surface area contributed by atoms with E-state index in [0.29, 0.717) is 17.9 Å². The summed E-state index contributed by atoms with van der Waals surface area (Å²) in [5.74, 6) is 1.10. The fourth-order valence-corrected chi connectivity index (χ4v) is 2.41. The van der Waals surface area contributed by atoms with Gasteiger partial charge in [0.1, 0.15) is 12.7 Å². The molecule has 5 nitrogen and oxygen atoms in total. The molecule has 0 spiro atoms. The van der Waals surface area contributed by atoms with E-state index in [-0.39, 0.29) is 13.5 Å². The molecular weight excluding hydrogens is 216 g/mol. The first kappa shape index (κ1) is 13.8. The molecule has 0 aromatic carbocycles. The largest absolute Gasteiger partial charge is 0.393 e. The molecule has 1 aliphatic rings. The Morgan fingerprint density at radius 2 is 2.00 bits per heavy atom.